The fraction of sp³-hybridized carbons (Fsp3) is 0.143. The summed E-state index contributed by atoms with van der Waals surface area (Å²) in [5.74, 6) is -2.96. The molecule has 0 spiro atoms. The predicted molar refractivity (Wildman–Crippen MR) is 47.0 cm³/mol. The van der Waals surface area contributed by atoms with Gasteiger partial charge in [-0.25, -0.2) is 4.98 Å². The van der Waals surface area contributed by atoms with Crippen LogP contribution in [-0.4, -0.2) is 38.0 Å². The third-order valence-corrected chi connectivity index (χ3v) is 1.03. The molecule has 0 unspecified atom stereocenters. The maximum Gasteiger partial charge on any atom is 0.314 e. The van der Waals surface area contributed by atoms with Crippen LogP contribution in [0.3, 0.4) is 0 Å². The van der Waals surface area contributed by atoms with Crippen molar-refractivity contribution in [2.24, 2.45) is 5.73 Å². The van der Waals surface area contributed by atoms with Gasteiger partial charge in [-0.15, -0.1) is 0 Å². The van der Waals surface area contributed by atoms with Gasteiger partial charge in [0.25, 0.3) is 5.91 Å². The SMILES string of the molecule is NC(=O)c1ncc[nH]1.O=C(O)CC(=O)O. The standard InChI is InChI=1S/C4H5N3O.C3H4O4/c5-3(8)4-6-1-2-7-4;4-2(5)1-3(6)7/h1-2H,(H2,5,8)(H,6,7);1H2,(H,4,5)(H,6,7). The van der Waals surface area contributed by atoms with Crippen LogP contribution in [0.4, 0.5) is 0 Å². The minimum Gasteiger partial charge on any atom is -0.481 e. The van der Waals surface area contributed by atoms with Gasteiger partial charge in [0.15, 0.2) is 5.82 Å². The van der Waals surface area contributed by atoms with E-state index >= 15 is 0 Å². The number of primary amides is 1. The second-order valence-corrected chi connectivity index (χ2v) is 2.27. The van der Waals surface area contributed by atoms with Gasteiger partial charge in [-0.1, -0.05) is 0 Å². The molecule has 1 amide bonds. The summed E-state index contributed by atoms with van der Waals surface area (Å²) in [5, 5.41) is 15.4. The number of hydrogen-bond donors (Lipinski definition) is 4. The maximum absolute atomic E-state index is 10.2. The quantitative estimate of drug-likeness (QED) is 0.478. The second-order valence-electron chi connectivity index (χ2n) is 2.27. The highest BCUT2D eigenvalue weighted by Gasteiger charge is 2.01. The van der Waals surface area contributed by atoms with Crippen LogP contribution in [0, 0.1) is 0 Å². The smallest absolute Gasteiger partial charge is 0.314 e. The molecule has 1 rings (SSSR count). The molecule has 1 heterocycles. The molecular weight excluding hydrogens is 206 g/mol. The number of aromatic nitrogens is 2. The van der Waals surface area contributed by atoms with Crippen LogP contribution in [-0.2, 0) is 9.59 Å². The van der Waals surface area contributed by atoms with E-state index in [4.69, 9.17) is 15.9 Å². The summed E-state index contributed by atoms with van der Waals surface area (Å²) in [6, 6.07) is 0. The molecule has 1 aromatic heterocycles. The van der Waals surface area contributed by atoms with E-state index in [0.717, 1.165) is 0 Å². The van der Waals surface area contributed by atoms with Gasteiger partial charge in [0.1, 0.15) is 6.42 Å². The van der Waals surface area contributed by atoms with Crippen LogP contribution in [0.2, 0.25) is 0 Å². The average molecular weight is 215 g/mol. The Labute approximate surface area is 83.7 Å². The molecule has 0 aromatic carbocycles. The predicted octanol–water partition coefficient (Wildman–Crippen LogP) is -0.946. The molecule has 0 fully saturated rings. The lowest BCUT2D eigenvalue weighted by Gasteiger charge is -1.80. The van der Waals surface area contributed by atoms with Crippen molar-refractivity contribution >= 4 is 17.8 Å². The number of aliphatic carboxylic acids is 2. The van der Waals surface area contributed by atoms with Gasteiger partial charge in [0.05, 0.1) is 0 Å². The number of carbonyl (C=O) groups excluding carboxylic acids is 1. The normalized spacial score (nSPS) is 8.53. The molecule has 0 atom stereocenters. The number of carboxylic acid groups (broad SMARTS) is 2. The summed E-state index contributed by atoms with van der Waals surface area (Å²) >= 11 is 0. The first-order chi connectivity index (χ1) is 6.93. The van der Waals surface area contributed by atoms with Gasteiger partial charge in [0.2, 0.25) is 0 Å². The molecule has 8 heteroatoms. The summed E-state index contributed by atoms with van der Waals surface area (Å²) in [6.07, 6.45) is 2.21. The Morgan fingerprint density at radius 1 is 1.33 bits per heavy atom. The summed E-state index contributed by atoms with van der Waals surface area (Å²) in [7, 11) is 0. The van der Waals surface area contributed by atoms with Crippen molar-refractivity contribution in [2.75, 3.05) is 0 Å². The fourth-order valence-electron chi connectivity index (χ4n) is 0.529. The Morgan fingerprint density at radius 2 is 1.87 bits per heavy atom. The van der Waals surface area contributed by atoms with Gasteiger partial charge in [-0.3, -0.25) is 14.4 Å². The molecule has 0 saturated carbocycles. The monoisotopic (exact) mass is 215 g/mol. The molecule has 0 aliphatic heterocycles. The Morgan fingerprint density at radius 3 is 2.00 bits per heavy atom. The van der Waals surface area contributed by atoms with E-state index in [1.54, 1.807) is 6.20 Å². The molecule has 5 N–H and O–H groups in total. The summed E-state index contributed by atoms with van der Waals surface area (Å²) in [6.45, 7) is 0. The van der Waals surface area contributed by atoms with Crippen molar-refractivity contribution in [3.63, 3.8) is 0 Å². The number of H-pyrrole nitrogens is 1. The fourth-order valence-corrected chi connectivity index (χ4v) is 0.529. The van der Waals surface area contributed by atoms with Gasteiger partial charge < -0.3 is 20.9 Å². The number of carbonyl (C=O) groups is 3. The first-order valence-corrected chi connectivity index (χ1v) is 3.66. The number of carboxylic acids is 2. The number of amides is 1. The van der Waals surface area contributed by atoms with Crippen LogP contribution in [0.15, 0.2) is 12.4 Å². The number of nitrogens with one attached hydrogen (secondary N) is 1. The molecule has 82 valence electrons. The van der Waals surface area contributed by atoms with E-state index in [9.17, 15) is 14.4 Å². The van der Waals surface area contributed by atoms with Crippen molar-refractivity contribution < 1.29 is 24.6 Å². The Balaban J connectivity index is 0.000000265. The third-order valence-electron chi connectivity index (χ3n) is 1.03. The summed E-state index contributed by atoms with van der Waals surface area (Å²) < 4.78 is 0. The molecule has 0 bridgehead atoms. The molecule has 15 heavy (non-hydrogen) atoms. The highest BCUT2D eigenvalue weighted by molar-refractivity contribution is 5.89. The lowest BCUT2D eigenvalue weighted by Crippen LogP contribution is -2.12. The molecular formula is C7H9N3O5. The van der Waals surface area contributed by atoms with Crippen LogP contribution < -0.4 is 5.73 Å². The summed E-state index contributed by atoms with van der Waals surface area (Å²) in [5.41, 5.74) is 4.83. The maximum atomic E-state index is 10.2. The van der Waals surface area contributed by atoms with Crippen molar-refractivity contribution in [2.45, 2.75) is 6.42 Å². The van der Waals surface area contributed by atoms with Gasteiger partial charge in [-0.2, -0.15) is 0 Å². The van der Waals surface area contributed by atoms with E-state index < -0.39 is 24.3 Å². The lowest BCUT2D eigenvalue weighted by molar-refractivity contribution is -0.147. The Bertz CT molecular complexity index is 334. The van der Waals surface area contributed by atoms with E-state index in [0.29, 0.717) is 0 Å². The minimum atomic E-state index is -1.31. The first kappa shape index (κ1) is 12.6. The zero-order valence-corrected chi connectivity index (χ0v) is 7.51. The van der Waals surface area contributed by atoms with E-state index in [-0.39, 0.29) is 5.82 Å². The van der Waals surface area contributed by atoms with Crippen molar-refractivity contribution in [3.8, 4) is 0 Å². The van der Waals surface area contributed by atoms with E-state index in [1.165, 1.54) is 6.20 Å². The van der Waals surface area contributed by atoms with Crippen LogP contribution in [0.25, 0.3) is 0 Å². The van der Waals surface area contributed by atoms with Crippen molar-refractivity contribution in [1.82, 2.24) is 9.97 Å². The number of aromatic amines is 1. The highest BCUT2D eigenvalue weighted by Crippen LogP contribution is 1.82. The molecule has 0 aliphatic carbocycles. The molecule has 8 nitrogen and oxygen atoms in total. The van der Waals surface area contributed by atoms with Crippen molar-refractivity contribution in [3.05, 3.63) is 18.2 Å². The zero-order chi connectivity index (χ0) is 11.8. The minimum absolute atomic E-state index is 0.199. The average Bonchev–Trinajstić information content (AvgIpc) is 2.52. The topological polar surface area (TPSA) is 146 Å². The highest BCUT2D eigenvalue weighted by atomic mass is 16.4. The molecule has 1 aromatic rings. The zero-order valence-electron chi connectivity index (χ0n) is 7.51. The number of nitrogens with two attached hydrogens (primary N) is 1. The number of nitrogens with zero attached hydrogens (tertiary/aromatic N) is 1. The Kier molecular flexibility index (Phi) is 5.16. The summed E-state index contributed by atoms with van der Waals surface area (Å²) in [4.78, 5) is 35.2. The van der Waals surface area contributed by atoms with Crippen LogP contribution in [0.5, 0.6) is 0 Å². The lowest BCUT2D eigenvalue weighted by atomic mass is 10.5. The molecule has 0 radical (unpaired) electrons. The molecule has 0 saturated heterocycles. The van der Waals surface area contributed by atoms with Gasteiger partial charge in [0, 0.05) is 12.4 Å². The van der Waals surface area contributed by atoms with Gasteiger partial charge in [-0.05, 0) is 0 Å². The van der Waals surface area contributed by atoms with Crippen LogP contribution in [0.1, 0.15) is 17.0 Å². The number of hydrogen-bond acceptors (Lipinski definition) is 4. The largest absolute Gasteiger partial charge is 0.481 e. The number of imidazole rings is 1. The van der Waals surface area contributed by atoms with E-state index in [2.05, 4.69) is 9.97 Å². The van der Waals surface area contributed by atoms with Crippen LogP contribution >= 0.6 is 0 Å². The Hall–Kier alpha value is -2.38. The van der Waals surface area contributed by atoms with Gasteiger partial charge >= 0.3 is 11.9 Å². The van der Waals surface area contributed by atoms with Crippen molar-refractivity contribution in [1.29, 1.82) is 0 Å². The molecule has 0 aliphatic rings. The number of rotatable bonds is 3. The third kappa shape index (κ3) is 6.75. The van der Waals surface area contributed by atoms with E-state index in [1.807, 2.05) is 0 Å². The first-order valence-electron chi connectivity index (χ1n) is 3.66. The second kappa shape index (κ2) is 6.13.